The number of aliphatic hydroxyl groups excluding tert-OH is 1. The second kappa shape index (κ2) is 5.77. The molecule has 2 rings (SSSR count). The van der Waals surface area contributed by atoms with Crippen LogP contribution in [0.15, 0.2) is 24.4 Å². The zero-order chi connectivity index (χ0) is 12.1. The number of amides is 1. The number of hydrogen-bond donors (Lipinski definition) is 2. The van der Waals surface area contributed by atoms with Crippen molar-refractivity contribution in [2.24, 2.45) is 5.92 Å². The summed E-state index contributed by atoms with van der Waals surface area (Å²) in [5.41, 5.74) is 0.922. The molecule has 4 heteroatoms. The van der Waals surface area contributed by atoms with Crippen molar-refractivity contribution in [3.8, 4) is 0 Å². The molecule has 17 heavy (non-hydrogen) atoms. The fraction of sp³-hybridized carbons (Fsp3) is 0.538. The Morgan fingerprint density at radius 1 is 1.53 bits per heavy atom. The highest BCUT2D eigenvalue weighted by molar-refractivity contribution is 5.76. The van der Waals surface area contributed by atoms with Crippen molar-refractivity contribution in [3.63, 3.8) is 0 Å². The van der Waals surface area contributed by atoms with Crippen LogP contribution in [0.1, 0.15) is 25.0 Å². The first kappa shape index (κ1) is 12.0. The monoisotopic (exact) mass is 234 g/mol. The van der Waals surface area contributed by atoms with Crippen molar-refractivity contribution in [1.29, 1.82) is 0 Å². The van der Waals surface area contributed by atoms with Gasteiger partial charge in [-0.05, 0) is 37.3 Å². The van der Waals surface area contributed by atoms with Crippen LogP contribution in [0.2, 0.25) is 0 Å². The molecule has 92 valence electrons. The Morgan fingerprint density at radius 2 is 2.35 bits per heavy atom. The molecule has 2 N–H and O–H groups in total. The zero-order valence-electron chi connectivity index (χ0n) is 9.80. The number of carbonyl (C=O) groups excluding carboxylic acids is 1. The van der Waals surface area contributed by atoms with Gasteiger partial charge in [0.05, 0.1) is 6.10 Å². The van der Waals surface area contributed by atoms with E-state index < -0.39 is 0 Å². The lowest BCUT2D eigenvalue weighted by Gasteiger charge is -2.10. The zero-order valence-corrected chi connectivity index (χ0v) is 9.80. The molecule has 0 spiro atoms. The topological polar surface area (TPSA) is 62.2 Å². The molecule has 1 aromatic rings. The molecule has 0 saturated heterocycles. The van der Waals surface area contributed by atoms with Gasteiger partial charge in [-0.1, -0.05) is 6.07 Å². The van der Waals surface area contributed by atoms with Crippen LogP contribution in [0, 0.1) is 5.92 Å². The molecule has 1 aromatic heterocycles. The van der Waals surface area contributed by atoms with Gasteiger partial charge in [0, 0.05) is 24.9 Å². The van der Waals surface area contributed by atoms with Gasteiger partial charge in [-0.15, -0.1) is 0 Å². The first-order valence-corrected chi connectivity index (χ1v) is 6.10. The minimum absolute atomic E-state index is 0.0182. The molecule has 1 atom stereocenters. The normalized spacial score (nSPS) is 16.5. The van der Waals surface area contributed by atoms with E-state index in [1.807, 2.05) is 18.2 Å². The van der Waals surface area contributed by atoms with Gasteiger partial charge in [-0.25, -0.2) is 0 Å². The van der Waals surface area contributed by atoms with Crippen LogP contribution >= 0.6 is 0 Å². The smallest absolute Gasteiger partial charge is 0.220 e. The fourth-order valence-corrected chi connectivity index (χ4v) is 1.74. The maximum Gasteiger partial charge on any atom is 0.220 e. The van der Waals surface area contributed by atoms with Gasteiger partial charge in [0.15, 0.2) is 0 Å². The standard InChI is InChI=1S/C13H18N2O2/c16-12(10-4-5-10)9-15-13(17)7-6-11-3-1-2-8-14-11/h1-3,8,10,12,16H,4-7,9H2,(H,15,17). The minimum Gasteiger partial charge on any atom is -0.391 e. The molecule has 0 aromatic carbocycles. The minimum atomic E-state index is -0.367. The molecule has 1 aliphatic rings. The molecule has 1 heterocycles. The molecule has 1 unspecified atom stereocenters. The number of aryl methyl sites for hydroxylation is 1. The second-order valence-corrected chi connectivity index (χ2v) is 4.53. The van der Waals surface area contributed by atoms with Crippen LogP contribution in [0.5, 0.6) is 0 Å². The molecule has 1 saturated carbocycles. The van der Waals surface area contributed by atoms with E-state index in [0.717, 1.165) is 18.5 Å². The fourth-order valence-electron chi connectivity index (χ4n) is 1.74. The Balaban J connectivity index is 1.63. The van der Waals surface area contributed by atoms with Gasteiger partial charge < -0.3 is 10.4 Å². The predicted molar refractivity (Wildman–Crippen MR) is 64.3 cm³/mol. The van der Waals surface area contributed by atoms with Crippen molar-refractivity contribution in [2.75, 3.05) is 6.54 Å². The van der Waals surface area contributed by atoms with Gasteiger partial charge in [-0.3, -0.25) is 9.78 Å². The summed E-state index contributed by atoms with van der Waals surface area (Å²) in [5, 5.41) is 12.4. The summed E-state index contributed by atoms with van der Waals surface area (Å²) in [5.74, 6) is 0.390. The number of rotatable bonds is 6. The quantitative estimate of drug-likeness (QED) is 0.768. The van der Waals surface area contributed by atoms with E-state index in [1.165, 1.54) is 0 Å². The van der Waals surface area contributed by atoms with Crippen LogP contribution in [0.25, 0.3) is 0 Å². The van der Waals surface area contributed by atoms with Gasteiger partial charge in [0.25, 0.3) is 0 Å². The number of hydrogen-bond acceptors (Lipinski definition) is 3. The summed E-state index contributed by atoms with van der Waals surface area (Å²) in [6.45, 7) is 0.381. The highest BCUT2D eigenvalue weighted by Gasteiger charge is 2.29. The summed E-state index contributed by atoms with van der Waals surface area (Å²) in [4.78, 5) is 15.7. The Hall–Kier alpha value is -1.42. The lowest BCUT2D eigenvalue weighted by atomic mass is 10.2. The largest absolute Gasteiger partial charge is 0.391 e. The molecule has 0 radical (unpaired) electrons. The van der Waals surface area contributed by atoms with E-state index in [-0.39, 0.29) is 12.0 Å². The first-order valence-electron chi connectivity index (χ1n) is 6.10. The number of carbonyl (C=O) groups is 1. The number of nitrogens with one attached hydrogen (secondary N) is 1. The lowest BCUT2D eigenvalue weighted by molar-refractivity contribution is -0.121. The van der Waals surface area contributed by atoms with E-state index in [1.54, 1.807) is 6.20 Å². The summed E-state index contributed by atoms with van der Waals surface area (Å²) in [7, 11) is 0. The maximum absolute atomic E-state index is 11.5. The Bertz CT molecular complexity index is 363. The lowest BCUT2D eigenvalue weighted by Crippen LogP contribution is -2.33. The molecule has 4 nitrogen and oxygen atoms in total. The Kier molecular flexibility index (Phi) is 4.09. The van der Waals surface area contributed by atoms with Crippen LogP contribution in [0.4, 0.5) is 0 Å². The van der Waals surface area contributed by atoms with E-state index >= 15 is 0 Å². The highest BCUT2D eigenvalue weighted by Crippen LogP contribution is 2.32. The maximum atomic E-state index is 11.5. The Morgan fingerprint density at radius 3 is 3.00 bits per heavy atom. The van der Waals surface area contributed by atoms with E-state index in [0.29, 0.717) is 25.3 Å². The Labute approximate surface area is 101 Å². The van der Waals surface area contributed by atoms with Crippen molar-refractivity contribution >= 4 is 5.91 Å². The highest BCUT2D eigenvalue weighted by atomic mass is 16.3. The van der Waals surface area contributed by atoms with Crippen LogP contribution in [-0.4, -0.2) is 28.6 Å². The summed E-state index contributed by atoms with van der Waals surface area (Å²) >= 11 is 0. The van der Waals surface area contributed by atoms with Crippen LogP contribution in [-0.2, 0) is 11.2 Å². The van der Waals surface area contributed by atoms with Gasteiger partial charge >= 0.3 is 0 Å². The average Bonchev–Trinajstić information content (AvgIpc) is 3.19. The SMILES string of the molecule is O=C(CCc1ccccn1)NCC(O)C1CC1. The first-order chi connectivity index (χ1) is 8.25. The number of pyridine rings is 1. The predicted octanol–water partition coefficient (Wildman–Crippen LogP) is 0.901. The van der Waals surface area contributed by atoms with Crippen molar-refractivity contribution in [1.82, 2.24) is 10.3 Å². The van der Waals surface area contributed by atoms with Gasteiger partial charge in [0.2, 0.25) is 5.91 Å². The number of nitrogens with zero attached hydrogens (tertiary/aromatic N) is 1. The molecule has 1 amide bonds. The molecule has 0 bridgehead atoms. The third-order valence-corrected chi connectivity index (χ3v) is 3.01. The van der Waals surface area contributed by atoms with E-state index in [4.69, 9.17) is 0 Å². The van der Waals surface area contributed by atoms with Crippen LogP contribution in [0.3, 0.4) is 0 Å². The summed E-state index contributed by atoms with van der Waals surface area (Å²) in [6, 6.07) is 5.68. The summed E-state index contributed by atoms with van der Waals surface area (Å²) < 4.78 is 0. The molecular formula is C13H18N2O2. The molecule has 1 fully saturated rings. The molecule has 0 aliphatic heterocycles. The van der Waals surface area contributed by atoms with Crippen molar-refractivity contribution in [2.45, 2.75) is 31.8 Å². The van der Waals surface area contributed by atoms with Gasteiger partial charge in [-0.2, -0.15) is 0 Å². The van der Waals surface area contributed by atoms with Gasteiger partial charge in [0.1, 0.15) is 0 Å². The third kappa shape index (κ3) is 4.15. The molecule has 1 aliphatic carbocycles. The summed E-state index contributed by atoms with van der Waals surface area (Å²) in [6.07, 6.45) is 4.61. The average molecular weight is 234 g/mol. The number of aromatic nitrogens is 1. The van der Waals surface area contributed by atoms with E-state index in [9.17, 15) is 9.90 Å². The van der Waals surface area contributed by atoms with Crippen LogP contribution < -0.4 is 5.32 Å². The second-order valence-electron chi connectivity index (χ2n) is 4.53. The van der Waals surface area contributed by atoms with Crippen molar-refractivity contribution in [3.05, 3.63) is 30.1 Å². The molecular weight excluding hydrogens is 216 g/mol. The van der Waals surface area contributed by atoms with Crippen molar-refractivity contribution < 1.29 is 9.90 Å². The van der Waals surface area contributed by atoms with E-state index in [2.05, 4.69) is 10.3 Å². The third-order valence-electron chi connectivity index (χ3n) is 3.01. The number of aliphatic hydroxyl groups is 1.